The Balaban J connectivity index is 2.14. The van der Waals surface area contributed by atoms with Crippen molar-refractivity contribution >= 4 is 17.7 Å². The first kappa shape index (κ1) is 23.9. The number of nitrogens with zero attached hydrogens (tertiary/aromatic N) is 1. The number of nitrogens with one attached hydrogen (secondary N) is 2. The van der Waals surface area contributed by atoms with Gasteiger partial charge in [-0.1, -0.05) is 13.3 Å². The molecule has 0 saturated carbocycles. The Bertz CT molecular complexity index is 512. The van der Waals surface area contributed by atoms with E-state index in [2.05, 4.69) is 22.5 Å². The fourth-order valence-corrected chi connectivity index (χ4v) is 5.01. The Labute approximate surface area is 172 Å². The minimum atomic E-state index is -1.33. The van der Waals surface area contributed by atoms with Gasteiger partial charge in [0, 0.05) is 12.6 Å². The summed E-state index contributed by atoms with van der Waals surface area (Å²) < 4.78 is 5.90. The molecule has 0 bridgehead atoms. The Morgan fingerprint density at radius 1 is 1.29 bits per heavy atom. The standard InChI is InChI=1S/C19H37N3O5S/c1-6-7-11-8-12(22(4)9-11)18(26)21-13(10(2)20-3)17-15(24)14(23)16(25)19(27-17)28-5/h10-17,19-20,23-25H,6-9H2,1-5H3,(H,21,26)/t10-,11+,12-,13+,14?,15-,16+,17+,19?/m0/s1. The van der Waals surface area contributed by atoms with Gasteiger partial charge in [-0.05, 0) is 46.0 Å². The van der Waals surface area contributed by atoms with E-state index in [1.807, 2.05) is 14.0 Å². The molecule has 0 aromatic rings. The van der Waals surface area contributed by atoms with Crippen LogP contribution in [0.5, 0.6) is 0 Å². The zero-order chi connectivity index (χ0) is 21.0. The zero-order valence-corrected chi connectivity index (χ0v) is 18.4. The maximum absolute atomic E-state index is 13.0. The van der Waals surface area contributed by atoms with Gasteiger partial charge in [-0.25, -0.2) is 0 Å². The Hall–Kier alpha value is -0.420. The predicted molar refractivity (Wildman–Crippen MR) is 110 cm³/mol. The maximum atomic E-state index is 13.0. The molecular weight excluding hydrogens is 382 g/mol. The molecule has 2 unspecified atom stereocenters. The van der Waals surface area contributed by atoms with Crippen molar-refractivity contribution in [2.24, 2.45) is 5.92 Å². The first-order valence-corrected chi connectivity index (χ1v) is 11.4. The van der Waals surface area contributed by atoms with Gasteiger partial charge in [0.05, 0.1) is 12.1 Å². The van der Waals surface area contributed by atoms with Crippen LogP contribution in [0.15, 0.2) is 0 Å². The van der Waals surface area contributed by atoms with E-state index in [9.17, 15) is 20.1 Å². The second-order valence-electron chi connectivity index (χ2n) is 8.13. The minimum absolute atomic E-state index is 0.0923. The van der Waals surface area contributed by atoms with Crippen molar-refractivity contribution < 1.29 is 24.9 Å². The smallest absolute Gasteiger partial charge is 0.237 e. The predicted octanol–water partition coefficient (Wildman–Crippen LogP) is -0.630. The van der Waals surface area contributed by atoms with Crippen LogP contribution in [-0.4, -0.2) is 101 Å². The van der Waals surface area contributed by atoms with Gasteiger partial charge in [0.2, 0.25) is 5.91 Å². The van der Waals surface area contributed by atoms with Crippen LogP contribution in [0.4, 0.5) is 0 Å². The quantitative estimate of drug-likeness (QED) is 0.353. The van der Waals surface area contributed by atoms with Crippen molar-refractivity contribution in [1.29, 1.82) is 0 Å². The molecule has 28 heavy (non-hydrogen) atoms. The minimum Gasteiger partial charge on any atom is -0.388 e. The highest BCUT2D eigenvalue weighted by Crippen LogP contribution is 2.30. The number of carbonyl (C=O) groups is 1. The highest BCUT2D eigenvalue weighted by molar-refractivity contribution is 7.99. The lowest BCUT2D eigenvalue weighted by Crippen LogP contribution is -2.67. The van der Waals surface area contributed by atoms with Gasteiger partial charge in [-0.3, -0.25) is 9.69 Å². The molecule has 9 heteroatoms. The monoisotopic (exact) mass is 419 g/mol. The van der Waals surface area contributed by atoms with Gasteiger partial charge in [0.1, 0.15) is 29.9 Å². The van der Waals surface area contributed by atoms with Crippen molar-refractivity contribution in [1.82, 2.24) is 15.5 Å². The average Bonchev–Trinajstić information content (AvgIpc) is 3.05. The number of aliphatic hydroxyl groups excluding tert-OH is 3. The van der Waals surface area contributed by atoms with E-state index in [4.69, 9.17) is 4.74 Å². The molecule has 0 spiro atoms. The van der Waals surface area contributed by atoms with Crippen LogP contribution >= 0.6 is 11.8 Å². The third kappa shape index (κ3) is 5.19. The van der Waals surface area contributed by atoms with E-state index in [0.29, 0.717) is 5.92 Å². The number of hydrogen-bond donors (Lipinski definition) is 5. The molecule has 0 radical (unpaired) electrons. The average molecular weight is 420 g/mol. The van der Waals surface area contributed by atoms with Gasteiger partial charge in [-0.15, -0.1) is 11.8 Å². The summed E-state index contributed by atoms with van der Waals surface area (Å²) in [5.41, 5.74) is -0.671. The van der Waals surface area contributed by atoms with Crippen molar-refractivity contribution in [2.75, 3.05) is 26.9 Å². The van der Waals surface area contributed by atoms with E-state index in [1.165, 1.54) is 11.8 Å². The van der Waals surface area contributed by atoms with Gasteiger partial charge in [-0.2, -0.15) is 0 Å². The first-order chi connectivity index (χ1) is 13.2. The highest BCUT2D eigenvalue weighted by Gasteiger charge is 2.48. The van der Waals surface area contributed by atoms with Crippen LogP contribution in [0, 0.1) is 5.92 Å². The highest BCUT2D eigenvalue weighted by atomic mass is 32.2. The molecule has 0 aliphatic carbocycles. The van der Waals surface area contributed by atoms with Crippen LogP contribution in [0.1, 0.15) is 33.1 Å². The number of hydrogen-bond acceptors (Lipinski definition) is 8. The lowest BCUT2D eigenvalue weighted by Gasteiger charge is -2.44. The number of aliphatic hydroxyl groups is 3. The number of likely N-dealkylation sites (N-methyl/N-ethyl adjacent to an activating group) is 2. The third-order valence-electron chi connectivity index (χ3n) is 6.13. The molecule has 2 rings (SSSR count). The molecule has 2 aliphatic rings. The summed E-state index contributed by atoms with van der Waals surface area (Å²) in [6.45, 7) is 4.95. The number of amides is 1. The summed E-state index contributed by atoms with van der Waals surface area (Å²) >= 11 is 1.27. The van der Waals surface area contributed by atoms with Crippen molar-refractivity contribution in [3.8, 4) is 0 Å². The van der Waals surface area contributed by atoms with Gasteiger partial charge in [0.25, 0.3) is 0 Å². The number of rotatable bonds is 8. The summed E-state index contributed by atoms with van der Waals surface area (Å²) in [5.74, 6) is 0.422. The Morgan fingerprint density at radius 2 is 1.96 bits per heavy atom. The van der Waals surface area contributed by atoms with E-state index in [0.717, 1.165) is 25.8 Å². The maximum Gasteiger partial charge on any atom is 0.237 e. The summed E-state index contributed by atoms with van der Waals surface area (Å²) in [6.07, 6.45) is 0.153. The molecule has 9 atom stereocenters. The molecule has 2 fully saturated rings. The normalized spacial score (nSPS) is 38.9. The lowest BCUT2D eigenvalue weighted by atomic mass is 9.91. The molecule has 164 valence electrons. The van der Waals surface area contributed by atoms with Crippen LogP contribution in [0.2, 0.25) is 0 Å². The van der Waals surface area contributed by atoms with Crippen LogP contribution in [-0.2, 0) is 9.53 Å². The van der Waals surface area contributed by atoms with Crippen LogP contribution in [0.25, 0.3) is 0 Å². The van der Waals surface area contributed by atoms with E-state index in [1.54, 1.807) is 13.3 Å². The van der Waals surface area contributed by atoms with E-state index < -0.39 is 35.9 Å². The molecule has 2 saturated heterocycles. The van der Waals surface area contributed by atoms with Crippen LogP contribution < -0.4 is 10.6 Å². The van der Waals surface area contributed by atoms with Gasteiger partial charge < -0.3 is 30.7 Å². The summed E-state index contributed by atoms with van der Waals surface area (Å²) in [6, 6.07) is -0.967. The second kappa shape index (κ2) is 10.6. The van der Waals surface area contributed by atoms with Crippen LogP contribution in [0.3, 0.4) is 0 Å². The van der Waals surface area contributed by atoms with Crippen molar-refractivity contribution in [2.45, 2.75) is 81.1 Å². The molecule has 8 nitrogen and oxygen atoms in total. The zero-order valence-electron chi connectivity index (χ0n) is 17.5. The van der Waals surface area contributed by atoms with E-state index in [-0.39, 0.29) is 18.0 Å². The molecule has 0 aromatic carbocycles. The molecule has 5 N–H and O–H groups in total. The number of carbonyl (C=O) groups excluding carboxylic acids is 1. The summed E-state index contributed by atoms with van der Waals surface area (Å²) in [7, 11) is 3.74. The summed E-state index contributed by atoms with van der Waals surface area (Å²) in [5, 5.41) is 37.1. The molecule has 2 aliphatic heterocycles. The third-order valence-corrected chi connectivity index (χ3v) is 6.98. The lowest BCUT2D eigenvalue weighted by molar-refractivity contribution is -0.206. The SMILES string of the molecule is CCC[C@@H]1C[C@@H](C(=O)N[C@@H]([C@H]2OC(SC)[C@H](O)C(O)[C@@H]2O)[C@H](C)NC)N(C)C1. The molecule has 1 amide bonds. The van der Waals surface area contributed by atoms with Gasteiger partial charge >= 0.3 is 0 Å². The van der Waals surface area contributed by atoms with Crippen molar-refractivity contribution in [3.63, 3.8) is 0 Å². The fourth-order valence-electron chi connectivity index (χ4n) is 4.33. The number of likely N-dealkylation sites (tertiary alicyclic amines) is 1. The van der Waals surface area contributed by atoms with Crippen molar-refractivity contribution in [3.05, 3.63) is 0 Å². The number of thioether (sulfide) groups is 1. The first-order valence-electron chi connectivity index (χ1n) is 10.1. The Kier molecular flexibility index (Phi) is 9.00. The largest absolute Gasteiger partial charge is 0.388 e. The van der Waals surface area contributed by atoms with E-state index >= 15 is 0 Å². The second-order valence-corrected chi connectivity index (χ2v) is 9.07. The topological polar surface area (TPSA) is 114 Å². The molecular formula is C19H37N3O5S. The fraction of sp³-hybridized carbons (Fsp3) is 0.947. The number of ether oxygens (including phenoxy) is 1. The van der Waals surface area contributed by atoms with Gasteiger partial charge in [0.15, 0.2) is 0 Å². The molecule has 0 aromatic heterocycles. The Morgan fingerprint density at radius 3 is 2.54 bits per heavy atom. The molecule has 2 heterocycles. The summed E-state index contributed by atoms with van der Waals surface area (Å²) in [4.78, 5) is 15.1.